The van der Waals surface area contributed by atoms with Gasteiger partial charge < -0.3 is 25.2 Å². The minimum absolute atomic E-state index is 0.0260. The lowest BCUT2D eigenvalue weighted by Gasteiger charge is -2.24. The Kier molecular flexibility index (Phi) is 7.01. The van der Waals surface area contributed by atoms with Crippen LogP contribution in [0.1, 0.15) is 56.0 Å². The molecular weight excluding hydrogens is 364 g/mol. The van der Waals surface area contributed by atoms with Crippen molar-refractivity contribution in [2.45, 2.75) is 58.2 Å². The molecule has 2 rings (SSSR count). The fourth-order valence-corrected chi connectivity index (χ4v) is 3.00. The standard InChI is InChI=1S/C20H28N2O6/c1-20(2,3)28-19(27)13-6-7-15-14(10-13)12-22(8-4-5-9-23)18(26)16(21-15)11-17(24)25/h6-7,10,16,21,23H,4-5,8-9,11-12H2,1-3H3,(H,24,25)/t16-/m0/s1. The molecular formula is C20H28N2O6. The van der Waals surface area contributed by atoms with Gasteiger partial charge in [-0.25, -0.2) is 4.79 Å². The number of rotatable bonds is 7. The summed E-state index contributed by atoms with van der Waals surface area (Å²) in [6.45, 7) is 6.03. The number of nitrogens with zero attached hydrogens (tertiary/aromatic N) is 1. The predicted molar refractivity (Wildman–Crippen MR) is 103 cm³/mol. The number of amides is 1. The molecule has 0 unspecified atom stereocenters. The van der Waals surface area contributed by atoms with Gasteiger partial charge >= 0.3 is 11.9 Å². The van der Waals surface area contributed by atoms with Crippen LogP contribution in [0.3, 0.4) is 0 Å². The smallest absolute Gasteiger partial charge is 0.338 e. The molecule has 28 heavy (non-hydrogen) atoms. The molecule has 3 N–H and O–H groups in total. The maximum absolute atomic E-state index is 12.8. The van der Waals surface area contributed by atoms with Crippen LogP contribution >= 0.6 is 0 Å². The number of hydrogen-bond acceptors (Lipinski definition) is 6. The van der Waals surface area contributed by atoms with Gasteiger partial charge in [0.05, 0.1) is 12.0 Å². The van der Waals surface area contributed by atoms with Crippen molar-refractivity contribution in [3.8, 4) is 0 Å². The van der Waals surface area contributed by atoms with Crippen LogP contribution in [-0.2, 0) is 20.9 Å². The zero-order chi connectivity index (χ0) is 20.9. The van der Waals surface area contributed by atoms with E-state index >= 15 is 0 Å². The third-order valence-electron chi connectivity index (χ3n) is 4.26. The Morgan fingerprint density at radius 2 is 2.00 bits per heavy atom. The Morgan fingerprint density at radius 1 is 1.29 bits per heavy atom. The zero-order valence-corrected chi connectivity index (χ0v) is 16.5. The molecule has 8 nitrogen and oxygen atoms in total. The van der Waals surface area contributed by atoms with Crippen LogP contribution in [0.4, 0.5) is 5.69 Å². The number of hydrogen-bond donors (Lipinski definition) is 3. The summed E-state index contributed by atoms with van der Waals surface area (Å²) in [6.07, 6.45) is 0.803. The van der Waals surface area contributed by atoms with Crippen LogP contribution in [0.25, 0.3) is 0 Å². The highest BCUT2D eigenvalue weighted by atomic mass is 16.6. The summed E-state index contributed by atoms with van der Waals surface area (Å²) in [5.41, 5.74) is 1.08. The van der Waals surface area contributed by atoms with Gasteiger partial charge in [0, 0.05) is 25.4 Å². The molecule has 0 spiro atoms. The summed E-state index contributed by atoms with van der Waals surface area (Å²) in [7, 11) is 0. The third kappa shape index (κ3) is 5.95. The lowest BCUT2D eigenvalue weighted by molar-refractivity contribution is -0.141. The van der Waals surface area contributed by atoms with Gasteiger partial charge in [0.1, 0.15) is 11.6 Å². The second-order valence-electron chi connectivity index (χ2n) is 7.86. The first-order valence-electron chi connectivity index (χ1n) is 9.35. The second kappa shape index (κ2) is 9.05. The Bertz CT molecular complexity index is 741. The van der Waals surface area contributed by atoms with E-state index in [0.717, 1.165) is 0 Å². The highest BCUT2D eigenvalue weighted by Crippen LogP contribution is 2.26. The van der Waals surface area contributed by atoms with Crippen molar-refractivity contribution in [2.24, 2.45) is 0 Å². The quantitative estimate of drug-likeness (QED) is 0.480. The summed E-state index contributed by atoms with van der Waals surface area (Å²) >= 11 is 0. The molecule has 0 aromatic heterocycles. The maximum atomic E-state index is 12.8. The van der Waals surface area contributed by atoms with Crippen molar-refractivity contribution in [1.82, 2.24) is 4.90 Å². The Hall–Kier alpha value is -2.61. The van der Waals surface area contributed by atoms with E-state index in [9.17, 15) is 14.4 Å². The van der Waals surface area contributed by atoms with Crippen molar-refractivity contribution in [3.63, 3.8) is 0 Å². The van der Waals surface area contributed by atoms with Crippen LogP contribution in [-0.4, -0.2) is 57.8 Å². The van der Waals surface area contributed by atoms with Crippen molar-refractivity contribution in [1.29, 1.82) is 0 Å². The third-order valence-corrected chi connectivity index (χ3v) is 4.26. The number of carboxylic acids is 1. The van der Waals surface area contributed by atoms with E-state index in [1.807, 2.05) is 0 Å². The van der Waals surface area contributed by atoms with Gasteiger partial charge in [0.25, 0.3) is 0 Å². The Balaban J connectivity index is 2.31. The Morgan fingerprint density at radius 3 is 2.61 bits per heavy atom. The van der Waals surface area contributed by atoms with E-state index in [1.165, 1.54) is 0 Å². The van der Waals surface area contributed by atoms with Crippen LogP contribution in [0.2, 0.25) is 0 Å². The summed E-state index contributed by atoms with van der Waals surface area (Å²) < 4.78 is 5.40. The second-order valence-corrected chi connectivity index (χ2v) is 7.86. The topological polar surface area (TPSA) is 116 Å². The molecule has 0 radical (unpaired) electrons. The minimum Gasteiger partial charge on any atom is -0.481 e. The number of anilines is 1. The molecule has 1 aromatic rings. The maximum Gasteiger partial charge on any atom is 0.338 e. The summed E-state index contributed by atoms with van der Waals surface area (Å²) in [4.78, 5) is 37.9. The van der Waals surface area contributed by atoms with Gasteiger partial charge in [-0.3, -0.25) is 9.59 Å². The predicted octanol–water partition coefficient (Wildman–Crippen LogP) is 2.01. The van der Waals surface area contributed by atoms with E-state index in [2.05, 4.69) is 5.32 Å². The molecule has 1 atom stereocenters. The molecule has 1 amide bonds. The number of aliphatic hydroxyl groups excluding tert-OH is 1. The first-order valence-corrected chi connectivity index (χ1v) is 9.35. The van der Waals surface area contributed by atoms with Crippen LogP contribution in [0.5, 0.6) is 0 Å². The highest BCUT2D eigenvalue weighted by molar-refractivity contribution is 5.93. The largest absolute Gasteiger partial charge is 0.481 e. The molecule has 154 valence electrons. The van der Waals surface area contributed by atoms with Gasteiger partial charge in [-0.15, -0.1) is 0 Å². The van der Waals surface area contributed by atoms with E-state index in [4.69, 9.17) is 14.9 Å². The minimum atomic E-state index is -1.07. The molecule has 8 heteroatoms. The number of unbranched alkanes of at least 4 members (excludes halogenated alkanes) is 1. The number of carbonyl (C=O) groups is 3. The molecule has 0 saturated heterocycles. The summed E-state index contributed by atoms with van der Waals surface area (Å²) in [6, 6.07) is 4.06. The molecule has 1 aliphatic rings. The first-order chi connectivity index (χ1) is 13.1. The van der Waals surface area contributed by atoms with Crippen molar-refractivity contribution >= 4 is 23.5 Å². The summed E-state index contributed by atoms with van der Waals surface area (Å²) in [5, 5.41) is 21.1. The van der Waals surface area contributed by atoms with Crippen molar-refractivity contribution in [2.75, 3.05) is 18.5 Å². The lowest BCUT2D eigenvalue weighted by Crippen LogP contribution is -2.42. The molecule has 0 saturated carbocycles. The molecule has 1 heterocycles. The van der Waals surface area contributed by atoms with E-state index in [1.54, 1.807) is 43.9 Å². The normalized spacial score (nSPS) is 16.8. The fraction of sp³-hybridized carbons (Fsp3) is 0.550. The Labute approximate surface area is 164 Å². The number of aliphatic hydroxyl groups is 1. The number of nitrogens with one attached hydrogen (secondary N) is 1. The highest BCUT2D eigenvalue weighted by Gasteiger charge is 2.31. The molecule has 0 aliphatic carbocycles. The van der Waals surface area contributed by atoms with Gasteiger partial charge in [-0.2, -0.15) is 0 Å². The first kappa shape index (κ1) is 21.7. The average molecular weight is 392 g/mol. The number of carbonyl (C=O) groups excluding carboxylic acids is 2. The number of ether oxygens (including phenoxy) is 1. The molecule has 1 aliphatic heterocycles. The SMILES string of the molecule is CC(C)(C)OC(=O)c1ccc2c(c1)CN(CCCCO)C(=O)[C@H](CC(=O)O)N2. The van der Waals surface area contributed by atoms with Crippen LogP contribution in [0.15, 0.2) is 18.2 Å². The summed E-state index contributed by atoms with van der Waals surface area (Å²) in [5.74, 6) is -1.84. The van der Waals surface area contributed by atoms with Crippen LogP contribution < -0.4 is 5.32 Å². The number of carboxylic acid groups (broad SMARTS) is 1. The van der Waals surface area contributed by atoms with E-state index < -0.39 is 23.6 Å². The number of esters is 1. The zero-order valence-electron chi connectivity index (χ0n) is 16.5. The van der Waals surface area contributed by atoms with Crippen molar-refractivity contribution < 1.29 is 29.3 Å². The van der Waals surface area contributed by atoms with Gasteiger partial charge in [0.2, 0.25) is 5.91 Å². The number of fused-ring (bicyclic) bond motifs is 1. The van der Waals surface area contributed by atoms with Crippen LogP contribution in [0, 0.1) is 0 Å². The van der Waals surface area contributed by atoms with Gasteiger partial charge in [-0.1, -0.05) is 0 Å². The van der Waals surface area contributed by atoms with E-state index in [0.29, 0.717) is 36.2 Å². The van der Waals surface area contributed by atoms with Gasteiger partial charge in [-0.05, 0) is 57.4 Å². The molecule has 0 bridgehead atoms. The molecule has 0 fully saturated rings. The van der Waals surface area contributed by atoms with Gasteiger partial charge in [0.15, 0.2) is 0 Å². The molecule has 1 aromatic carbocycles. The number of benzene rings is 1. The van der Waals surface area contributed by atoms with E-state index in [-0.39, 0.29) is 25.5 Å². The monoisotopic (exact) mass is 392 g/mol. The lowest BCUT2D eigenvalue weighted by atomic mass is 10.1. The fourth-order valence-electron chi connectivity index (χ4n) is 3.00. The number of aliphatic carboxylic acids is 1. The average Bonchev–Trinajstić information content (AvgIpc) is 2.70. The van der Waals surface area contributed by atoms with Crippen molar-refractivity contribution in [3.05, 3.63) is 29.3 Å².